The Kier molecular flexibility index (Phi) is 8.65. The Morgan fingerprint density at radius 3 is 2.43 bits per heavy atom. The van der Waals surface area contributed by atoms with E-state index in [1.54, 1.807) is 6.33 Å². The Balaban J connectivity index is 1.09. The van der Waals surface area contributed by atoms with Crippen LogP contribution in [0.5, 0.6) is 5.88 Å². The summed E-state index contributed by atoms with van der Waals surface area (Å²) in [5, 5.41) is 12.6. The molecule has 1 saturated carbocycles. The number of nitrogens with one attached hydrogen (secondary N) is 1. The van der Waals surface area contributed by atoms with Gasteiger partial charge in [-0.15, -0.1) is 0 Å². The molecule has 2 N–H and O–H groups in total. The predicted molar refractivity (Wildman–Crippen MR) is 145 cm³/mol. The van der Waals surface area contributed by atoms with E-state index in [0.29, 0.717) is 23.9 Å². The third-order valence-corrected chi connectivity index (χ3v) is 7.61. The van der Waals surface area contributed by atoms with Gasteiger partial charge in [0.1, 0.15) is 12.7 Å². The lowest BCUT2D eigenvalue weighted by Crippen LogP contribution is -2.48. The van der Waals surface area contributed by atoms with Crippen LogP contribution in [0.2, 0.25) is 0 Å². The van der Waals surface area contributed by atoms with Crippen molar-refractivity contribution < 1.29 is 9.84 Å². The molecule has 0 atom stereocenters. The standard InChI is InChI=1S/C28H39N7O2/c1-2-37-28-26-27(30-20-31-28)35(21-32-26)25-9-7-24(8-10-25)23-5-3-22(4-6-23)19-29-11-12-33-13-15-34(16-14-33)17-18-36/h7-10,19-21,23,29,36H,2-6,11-18H2,1H3. The topological polar surface area (TPSA) is 91.6 Å². The highest BCUT2D eigenvalue weighted by Gasteiger charge is 2.19. The average molecular weight is 506 g/mol. The Labute approximate surface area is 219 Å². The molecule has 1 aliphatic heterocycles. The van der Waals surface area contributed by atoms with Crippen molar-refractivity contribution in [2.45, 2.75) is 38.5 Å². The number of fused-ring (bicyclic) bond motifs is 1. The minimum absolute atomic E-state index is 0.260. The summed E-state index contributed by atoms with van der Waals surface area (Å²) in [4.78, 5) is 18.0. The van der Waals surface area contributed by atoms with E-state index in [-0.39, 0.29) is 6.61 Å². The summed E-state index contributed by atoms with van der Waals surface area (Å²) in [6.45, 7) is 9.94. The molecule has 1 saturated heterocycles. The number of nitrogens with zero attached hydrogens (tertiary/aromatic N) is 6. The fourth-order valence-corrected chi connectivity index (χ4v) is 5.44. The van der Waals surface area contributed by atoms with Crippen molar-refractivity contribution >= 4 is 11.2 Å². The van der Waals surface area contributed by atoms with Crippen LogP contribution in [-0.2, 0) is 0 Å². The van der Waals surface area contributed by atoms with Gasteiger partial charge >= 0.3 is 0 Å². The van der Waals surface area contributed by atoms with Gasteiger partial charge in [-0.3, -0.25) is 14.4 Å². The van der Waals surface area contributed by atoms with E-state index in [9.17, 15) is 0 Å². The number of hydrogen-bond donors (Lipinski definition) is 2. The monoisotopic (exact) mass is 505 g/mol. The molecule has 0 amide bonds. The maximum absolute atomic E-state index is 9.08. The zero-order chi connectivity index (χ0) is 25.5. The van der Waals surface area contributed by atoms with Gasteiger partial charge in [0.15, 0.2) is 11.2 Å². The highest BCUT2D eigenvalue weighted by molar-refractivity contribution is 5.77. The van der Waals surface area contributed by atoms with Gasteiger partial charge in [-0.05, 0) is 62.4 Å². The van der Waals surface area contributed by atoms with Gasteiger partial charge < -0.3 is 15.2 Å². The average Bonchev–Trinajstić information content (AvgIpc) is 3.38. The molecule has 2 aromatic heterocycles. The van der Waals surface area contributed by atoms with Crippen LogP contribution in [0.15, 0.2) is 48.7 Å². The van der Waals surface area contributed by atoms with E-state index >= 15 is 0 Å². The number of β-amino-alcohol motifs (C(OH)–C–C–N with tert-alkyl or cyclic N) is 1. The molecule has 9 heteroatoms. The molecule has 37 heavy (non-hydrogen) atoms. The number of ether oxygens (including phenoxy) is 1. The molecule has 1 aromatic carbocycles. The van der Waals surface area contributed by atoms with Gasteiger partial charge in [-0.25, -0.2) is 9.97 Å². The fraction of sp³-hybridized carbons (Fsp3) is 0.536. The fourth-order valence-electron chi connectivity index (χ4n) is 5.44. The number of aliphatic hydroxyl groups excluding tert-OH is 1. The number of allylic oxidation sites excluding steroid dienone is 1. The molecule has 0 spiro atoms. The van der Waals surface area contributed by atoms with Crippen LogP contribution in [0.3, 0.4) is 0 Å². The van der Waals surface area contributed by atoms with E-state index < -0.39 is 0 Å². The van der Waals surface area contributed by atoms with E-state index in [1.807, 2.05) is 11.5 Å². The molecular formula is C28H39N7O2. The zero-order valence-electron chi connectivity index (χ0n) is 21.8. The number of imidazole rings is 1. The van der Waals surface area contributed by atoms with Crippen molar-refractivity contribution in [3.8, 4) is 11.6 Å². The second kappa shape index (κ2) is 12.5. The zero-order valence-corrected chi connectivity index (χ0v) is 21.8. The second-order valence-electron chi connectivity index (χ2n) is 9.93. The molecule has 3 heterocycles. The van der Waals surface area contributed by atoms with Crippen LogP contribution in [0.1, 0.15) is 44.1 Å². The van der Waals surface area contributed by atoms with Crippen LogP contribution in [0.4, 0.5) is 0 Å². The summed E-state index contributed by atoms with van der Waals surface area (Å²) < 4.78 is 7.59. The third-order valence-electron chi connectivity index (χ3n) is 7.61. The van der Waals surface area contributed by atoms with Crippen LogP contribution >= 0.6 is 0 Å². The molecule has 3 aromatic rings. The molecule has 2 fully saturated rings. The lowest BCUT2D eigenvalue weighted by Gasteiger charge is -2.34. The van der Waals surface area contributed by atoms with Gasteiger partial charge in [0.25, 0.3) is 0 Å². The van der Waals surface area contributed by atoms with Crippen molar-refractivity contribution in [2.75, 3.05) is 59.0 Å². The molecule has 5 rings (SSSR count). The lowest BCUT2D eigenvalue weighted by molar-refractivity contribution is 0.114. The van der Waals surface area contributed by atoms with Crippen molar-refractivity contribution in [2.24, 2.45) is 0 Å². The first kappa shape index (κ1) is 25.6. The first-order valence-electron chi connectivity index (χ1n) is 13.6. The van der Waals surface area contributed by atoms with Gasteiger partial charge in [-0.1, -0.05) is 17.7 Å². The summed E-state index contributed by atoms with van der Waals surface area (Å²) in [5.74, 6) is 1.13. The molecule has 0 radical (unpaired) electrons. The van der Waals surface area contributed by atoms with Crippen LogP contribution < -0.4 is 10.1 Å². The van der Waals surface area contributed by atoms with Crippen LogP contribution in [0.25, 0.3) is 16.9 Å². The first-order chi connectivity index (χ1) is 18.2. The van der Waals surface area contributed by atoms with E-state index in [1.165, 1.54) is 30.3 Å². The summed E-state index contributed by atoms with van der Waals surface area (Å²) >= 11 is 0. The second-order valence-corrected chi connectivity index (χ2v) is 9.93. The first-order valence-corrected chi connectivity index (χ1v) is 13.6. The summed E-state index contributed by atoms with van der Waals surface area (Å²) in [7, 11) is 0. The highest BCUT2D eigenvalue weighted by Crippen LogP contribution is 2.35. The highest BCUT2D eigenvalue weighted by atomic mass is 16.5. The SMILES string of the molecule is CCOc1ncnc2c1ncn2-c1ccc(C2CCC(=CNCCN3CCN(CCO)CC3)CC2)cc1. The molecular weight excluding hydrogens is 466 g/mol. The molecule has 0 unspecified atom stereocenters. The van der Waals surface area contributed by atoms with Crippen molar-refractivity contribution in [1.29, 1.82) is 0 Å². The Morgan fingerprint density at radius 2 is 1.73 bits per heavy atom. The predicted octanol–water partition coefficient (Wildman–Crippen LogP) is 2.96. The number of aliphatic hydroxyl groups is 1. The summed E-state index contributed by atoms with van der Waals surface area (Å²) in [6.07, 6.45) is 10.3. The minimum atomic E-state index is 0.260. The van der Waals surface area contributed by atoms with E-state index in [2.05, 4.69) is 60.5 Å². The van der Waals surface area contributed by atoms with Crippen molar-refractivity contribution in [3.05, 3.63) is 54.3 Å². The van der Waals surface area contributed by atoms with Gasteiger partial charge in [0, 0.05) is 51.5 Å². The van der Waals surface area contributed by atoms with Crippen LogP contribution in [-0.4, -0.2) is 93.5 Å². The van der Waals surface area contributed by atoms with E-state index in [4.69, 9.17) is 9.84 Å². The normalized spacial score (nSPS) is 19.3. The Hall–Kier alpha value is -3.01. The molecule has 0 bridgehead atoms. The third kappa shape index (κ3) is 6.29. The molecule has 198 valence electrons. The molecule has 9 nitrogen and oxygen atoms in total. The smallest absolute Gasteiger partial charge is 0.245 e. The molecule has 2 aliphatic rings. The number of piperazine rings is 1. The number of aromatic nitrogens is 4. The van der Waals surface area contributed by atoms with Gasteiger partial charge in [-0.2, -0.15) is 4.98 Å². The van der Waals surface area contributed by atoms with Crippen LogP contribution in [0, 0.1) is 0 Å². The van der Waals surface area contributed by atoms with Crippen molar-refractivity contribution in [3.63, 3.8) is 0 Å². The van der Waals surface area contributed by atoms with E-state index in [0.717, 1.165) is 70.0 Å². The van der Waals surface area contributed by atoms with Crippen molar-refractivity contribution in [1.82, 2.24) is 34.6 Å². The summed E-state index contributed by atoms with van der Waals surface area (Å²) in [6, 6.07) is 8.83. The Morgan fingerprint density at radius 1 is 1.00 bits per heavy atom. The summed E-state index contributed by atoms with van der Waals surface area (Å²) in [5.41, 5.74) is 5.44. The minimum Gasteiger partial charge on any atom is -0.476 e. The molecule has 1 aliphatic carbocycles. The number of benzene rings is 1. The number of rotatable bonds is 10. The lowest BCUT2D eigenvalue weighted by atomic mass is 9.82. The largest absolute Gasteiger partial charge is 0.476 e. The number of hydrogen-bond acceptors (Lipinski definition) is 8. The Bertz CT molecular complexity index is 1160. The van der Waals surface area contributed by atoms with Gasteiger partial charge in [0.05, 0.1) is 13.2 Å². The van der Waals surface area contributed by atoms with Gasteiger partial charge in [0.2, 0.25) is 5.88 Å². The maximum atomic E-state index is 9.08. The maximum Gasteiger partial charge on any atom is 0.245 e. The quantitative estimate of drug-likeness (QED) is 0.407.